The van der Waals surface area contributed by atoms with E-state index in [1.165, 1.54) is 5.56 Å². The summed E-state index contributed by atoms with van der Waals surface area (Å²) >= 11 is 0. The van der Waals surface area contributed by atoms with Crippen molar-refractivity contribution in [2.24, 2.45) is 4.99 Å². The highest BCUT2D eigenvalue weighted by atomic mass is 127. The average Bonchev–Trinajstić information content (AvgIpc) is 2.66. The normalized spacial score (nSPS) is 15.1. The molecule has 1 aromatic carbocycles. The monoisotopic (exact) mass is 517 g/mol. The molecule has 2 N–H and O–H groups in total. The molecule has 8 heteroatoms. The summed E-state index contributed by atoms with van der Waals surface area (Å²) in [6.45, 7) is 10.8. The van der Waals surface area contributed by atoms with Gasteiger partial charge in [0.15, 0.2) is 5.96 Å². The largest absolute Gasteiger partial charge is 0.496 e. The fraction of sp³-hybridized carbons (Fsp3) is 0.619. The van der Waals surface area contributed by atoms with Gasteiger partial charge in [-0.2, -0.15) is 0 Å². The smallest absolute Gasteiger partial charge is 0.234 e. The van der Waals surface area contributed by atoms with Crippen molar-refractivity contribution in [2.45, 2.75) is 33.2 Å². The fourth-order valence-corrected chi connectivity index (χ4v) is 3.36. The minimum atomic E-state index is 0. The molecule has 0 saturated carbocycles. The van der Waals surface area contributed by atoms with Crippen molar-refractivity contribution < 1.29 is 9.53 Å². The van der Waals surface area contributed by atoms with Gasteiger partial charge >= 0.3 is 0 Å². The molecule has 1 heterocycles. The van der Waals surface area contributed by atoms with E-state index in [4.69, 9.17) is 4.74 Å². The molecule has 164 valence electrons. The van der Waals surface area contributed by atoms with Gasteiger partial charge in [-0.05, 0) is 44.4 Å². The lowest BCUT2D eigenvalue weighted by Crippen LogP contribution is -2.54. The van der Waals surface area contributed by atoms with Crippen LogP contribution in [0.1, 0.15) is 25.0 Å². The highest BCUT2D eigenvalue weighted by Gasteiger charge is 2.21. The summed E-state index contributed by atoms with van der Waals surface area (Å²) in [5.74, 6) is 1.95. The summed E-state index contributed by atoms with van der Waals surface area (Å²) in [5, 5.41) is 6.41. The zero-order chi connectivity index (χ0) is 20.5. The van der Waals surface area contributed by atoms with E-state index >= 15 is 0 Å². The molecule has 29 heavy (non-hydrogen) atoms. The van der Waals surface area contributed by atoms with Crippen LogP contribution in [-0.4, -0.2) is 81.1 Å². The van der Waals surface area contributed by atoms with Crippen LogP contribution in [0.4, 0.5) is 0 Å². The predicted octanol–water partition coefficient (Wildman–Crippen LogP) is 1.88. The minimum absolute atomic E-state index is 0. The number of nitrogens with one attached hydrogen (secondary N) is 2. The molecular formula is C21H36IN5O2. The number of ether oxygens (including phenoxy) is 1. The van der Waals surface area contributed by atoms with Crippen LogP contribution >= 0.6 is 24.0 Å². The quantitative estimate of drug-likeness (QED) is 0.329. The Morgan fingerprint density at radius 1 is 1.24 bits per heavy atom. The van der Waals surface area contributed by atoms with Crippen molar-refractivity contribution in [3.8, 4) is 5.75 Å². The molecule has 0 spiro atoms. The zero-order valence-corrected chi connectivity index (χ0v) is 20.7. The standard InChI is InChI=1S/C21H35N5O2.HI/c1-16(2)24-20(27)15-25-10-12-26(13-11-25)21(22-4)23-9-8-18-7-6-17(3)19(14-18)28-5;/h6-7,14,16H,8-13,15H2,1-5H3,(H,22,23)(H,24,27);1H. The molecule has 1 aromatic rings. The van der Waals surface area contributed by atoms with E-state index in [0.717, 1.165) is 56.4 Å². The summed E-state index contributed by atoms with van der Waals surface area (Å²) < 4.78 is 5.40. The number of hydrogen-bond acceptors (Lipinski definition) is 4. The van der Waals surface area contributed by atoms with Crippen molar-refractivity contribution in [1.29, 1.82) is 0 Å². The maximum Gasteiger partial charge on any atom is 0.234 e. The van der Waals surface area contributed by atoms with E-state index in [1.54, 1.807) is 7.11 Å². The van der Waals surface area contributed by atoms with Crippen LogP contribution in [0.2, 0.25) is 0 Å². The Bertz CT molecular complexity index is 673. The Hall–Kier alpha value is -1.55. The number of hydrogen-bond donors (Lipinski definition) is 2. The van der Waals surface area contributed by atoms with Crippen molar-refractivity contribution >= 4 is 35.8 Å². The number of methoxy groups -OCH3 is 1. The summed E-state index contributed by atoms with van der Waals surface area (Å²) in [4.78, 5) is 20.8. The fourth-order valence-electron chi connectivity index (χ4n) is 3.36. The van der Waals surface area contributed by atoms with Gasteiger partial charge in [0, 0.05) is 45.8 Å². The first kappa shape index (κ1) is 25.5. The number of carbonyl (C=O) groups is 1. The zero-order valence-electron chi connectivity index (χ0n) is 18.3. The van der Waals surface area contributed by atoms with Crippen molar-refractivity contribution in [2.75, 3.05) is 53.4 Å². The van der Waals surface area contributed by atoms with Gasteiger partial charge in [-0.15, -0.1) is 24.0 Å². The van der Waals surface area contributed by atoms with Crippen LogP contribution in [0.5, 0.6) is 5.75 Å². The van der Waals surface area contributed by atoms with E-state index in [-0.39, 0.29) is 35.9 Å². The number of carbonyl (C=O) groups excluding carboxylic acids is 1. The number of aryl methyl sites for hydroxylation is 1. The van der Waals surface area contributed by atoms with Gasteiger partial charge in [-0.25, -0.2) is 0 Å². The molecule has 7 nitrogen and oxygen atoms in total. The molecule has 0 atom stereocenters. The van der Waals surface area contributed by atoms with Gasteiger partial charge in [-0.3, -0.25) is 14.7 Å². The number of halogens is 1. The van der Waals surface area contributed by atoms with Crippen LogP contribution < -0.4 is 15.4 Å². The number of rotatable bonds is 7. The summed E-state index contributed by atoms with van der Waals surface area (Å²) in [6, 6.07) is 6.52. The molecule has 1 amide bonds. The second-order valence-corrected chi connectivity index (χ2v) is 7.51. The number of guanidine groups is 1. The van der Waals surface area contributed by atoms with Gasteiger partial charge in [0.1, 0.15) is 5.75 Å². The molecule has 1 aliphatic heterocycles. The molecular weight excluding hydrogens is 481 g/mol. The molecule has 2 rings (SSSR count). The number of nitrogens with zero attached hydrogens (tertiary/aromatic N) is 3. The highest BCUT2D eigenvalue weighted by molar-refractivity contribution is 14.0. The van der Waals surface area contributed by atoms with Gasteiger partial charge < -0.3 is 20.3 Å². The van der Waals surface area contributed by atoms with Gasteiger partial charge in [-0.1, -0.05) is 12.1 Å². The van der Waals surface area contributed by atoms with Crippen molar-refractivity contribution in [1.82, 2.24) is 20.4 Å². The summed E-state index contributed by atoms with van der Waals surface area (Å²) in [6.07, 6.45) is 0.908. The van der Waals surface area contributed by atoms with Crippen LogP contribution in [0.3, 0.4) is 0 Å². The predicted molar refractivity (Wildman–Crippen MR) is 130 cm³/mol. The van der Waals surface area contributed by atoms with E-state index in [1.807, 2.05) is 20.9 Å². The topological polar surface area (TPSA) is 69.2 Å². The Morgan fingerprint density at radius 2 is 1.93 bits per heavy atom. The molecule has 0 unspecified atom stereocenters. The molecule has 0 aromatic heterocycles. The highest BCUT2D eigenvalue weighted by Crippen LogP contribution is 2.19. The molecule has 0 aliphatic carbocycles. The Kier molecular flexibility index (Phi) is 11.3. The van der Waals surface area contributed by atoms with E-state index < -0.39 is 0 Å². The van der Waals surface area contributed by atoms with Gasteiger partial charge in [0.05, 0.1) is 13.7 Å². The Balaban J connectivity index is 0.00000420. The first-order valence-corrected chi connectivity index (χ1v) is 10.0. The first-order chi connectivity index (χ1) is 13.4. The SMILES string of the molecule is CN=C(NCCc1ccc(C)c(OC)c1)N1CCN(CC(=O)NC(C)C)CC1.I. The van der Waals surface area contributed by atoms with Gasteiger partial charge in [0.25, 0.3) is 0 Å². The van der Waals surface area contributed by atoms with Crippen molar-refractivity contribution in [3.05, 3.63) is 29.3 Å². The number of benzene rings is 1. The van der Waals surface area contributed by atoms with E-state index in [2.05, 4.69) is 50.5 Å². The van der Waals surface area contributed by atoms with Gasteiger partial charge in [0.2, 0.25) is 5.91 Å². The molecule has 0 radical (unpaired) electrons. The lowest BCUT2D eigenvalue weighted by atomic mass is 10.1. The number of piperazine rings is 1. The van der Waals surface area contributed by atoms with E-state index in [9.17, 15) is 4.79 Å². The van der Waals surface area contributed by atoms with Crippen LogP contribution in [0.25, 0.3) is 0 Å². The lowest BCUT2D eigenvalue weighted by Gasteiger charge is -2.36. The third-order valence-corrected chi connectivity index (χ3v) is 4.87. The lowest BCUT2D eigenvalue weighted by molar-refractivity contribution is -0.123. The van der Waals surface area contributed by atoms with Crippen LogP contribution in [0, 0.1) is 6.92 Å². The molecule has 1 fully saturated rings. The van der Waals surface area contributed by atoms with Crippen LogP contribution in [-0.2, 0) is 11.2 Å². The average molecular weight is 517 g/mol. The second kappa shape index (κ2) is 12.9. The van der Waals surface area contributed by atoms with Crippen LogP contribution in [0.15, 0.2) is 23.2 Å². The third kappa shape index (κ3) is 8.38. The summed E-state index contributed by atoms with van der Waals surface area (Å²) in [5.41, 5.74) is 2.39. The summed E-state index contributed by atoms with van der Waals surface area (Å²) in [7, 11) is 3.53. The first-order valence-electron chi connectivity index (χ1n) is 10.0. The minimum Gasteiger partial charge on any atom is -0.496 e. The Morgan fingerprint density at radius 3 is 2.52 bits per heavy atom. The van der Waals surface area contributed by atoms with E-state index in [0.29, 0.717) is 6.54 Å². The Labute approximate surface area is 192 Å². The number of amides is 1. The second-order valence-electron chi connectivity index (χ2n) is 7.51. The maximum atomic E-state index is 11.9. The third-order valence-electron chi connectivity index (χ3n) is 4.87. The van der Waals surface area contributed by atoms with Crippen molar-refractivity contribution in [3.63, 3.8) is 0 Å². The number of aliphatic imine (C=N–C) groups is 1. The molecule has 0 bridgehead atoms. The molecule has 1 saturated heterocycles. The molecule has 1 aliphatic rings. The maximum absolute atomic E-state index is 11.9.